The van der Waals surface area contributed by atoms with E-state index in [1.54, 1.807) is 24.4 Å². The predicted octanol–water partition coefficient (Wildman–Crippen LogP) is 4.54. The fourth-order valence-corrected chi connectivity index (χ4v) is 3.47. The van der Waals surface area contributed by atoms with E-state index in [0.717, 1.165) is 24.3 Å². The van der Waals surface area contributed by atoms with Gasteiger partial charge in [-0.3, -0.25) is 4.79 Å². The molecule has 1 amide bonds. The molecule has 0 unspecified atom stereocenters. The van der Waals surface area contributed by atoms with E-state index in [4.69, 9.17) is 20.8 Å². The Kier molecular flexibility index (Phi) is 6.30. The number of benzene rings is 2. The highest BCUT2D eigenvalue weighted by molar-refractivity contribution is 6.31. The first-order chi connectivity index (χ1) is 14.6. The lowest BCUT2D eigenvalue weighted by Gasteiger charge is -2.30. The van der Waals surface area contributed by atoms with Gasteiger partial charge in [0.05, 0.1) is 30.8 Å². The van der Waals surface area contributed by atoms with Gasteiger partial charge in [-0.15, -0.1) is 0 Å². The normalized spacial score (nSPS) is 14.0. The Balaban J connectivity index is 1.38. The van der Waals surface area contributed by atoms with Crippen molar-refractivity contribution in [2.75, 3.05) is 36.5 Å². The van der Waals surface area contributed by atoms with Gasteiger partial charge in [0, 0.05) is 36.5 Å². The maximum Gasteiger partial charge on any atom is 0.224 e. The van der Waals surface area contributed by atoms with Crippen molar-refractivity contribution >= 4 is 28.9 Å². The Labute approximate surface area is 178 Å². The van der Waals surface area contributed by atoms with Crippen molar-refractivity contribution in [3.8, 4) is 11.3 Å². The minimum absolute atomic E-state index is 0.159. The number of oxazole rings is 1. The highest BCUT2D eigenvalue weighted by atomic mass is 35.5. The number of hydrogen-bond donors (Lipinski definition) is 1. The SMILES string of the molecule is O=C(CCc1ncc(-c2ccc(F)cc2)o1)Nc1cc(Cl)ccc1N1CCOCC1. The second kappa shape index (κ2) is 9.28. The third-order valence-electron chi connectivity index (χ3n) is 4.83. The van der Waals surface area contributed by atoms with Crippen LogP contribution in [0.2, 0.25) is 5.02 Å². The molecule has 2 heterocycles. The highest BCUT2D eigenvalue weighted by Crippen LogP contribution is 2.30. The second-order valence-corrected chi connectivity index (χ2v) is 7.37. The molecule has 0 saturated carbocycles. The van der Waals surface area contributed by atoms with Gasteiger partial charge in [0.1, 0.15) is 5.82 Å². The van der Waals surface area contributed by atoms with Gasteiger partial charge in [0.2, 0.25) is 5.91 Å². The Bertz CT molecular complexity index is 1020. The quantitative estimate of drug-likeness (QED) is 0.623. The number of amides is 1. The number of rotatable bonds is 6. The van der Waals surface area contributed by atoms with Crippen LogP contribution in [-0.4, -0.2) is 37.2 Å². The topological polar surface area (TPSA) is 67.6 Å². The molecule has 30 heavy (non-hydrogen) atoms. The van der Waals surface area contributed by atoms with Crippen LogP contribution in [0.25, 0.3) is 11.3 Å². The van der Waals surface area contributed by atoms with Gasteiger partial charge < -0.3 is 19.4 Å². The second-order valence-electron chi connectivity index (χ2n) is 6.93. The van der Waals surface area contributed by atoms with Crippen molar-refractivity contribution in [1.29, 1.82) is 0 Å². The summed E-state index contributed by atoms with van der Waals surface area (Å²) in [6, 6.07) is 11.4. The molecule has 1 aromatic heterocycles. The number of morpholine rings is 1. The first-order valence-electron chi connectivity index (χ1n) is 9.71. The molecule has 1 aliphatic heterocycles. The number of nitrogens with one attached hydrogen (secondary N) is 1. The third-order valence-corrected chi connectivity index (χ3v) is 5.07. The molecule has 3 aromatic rings. The number of aryl methyl sites for hydroxylation is 1. The van der Waals surface area contributed by atoms with E-state index in [1.165, 1.54) is 12.1 Å². The lowest BCUT2D eigenvalue weighted by molar-refractivity contribution is -0.116. The lowest BCUT2D eigenvalue weighted by atomic mass is 10.2. The summed E-state index contributed by atoms with van der Waals surface area (Å²) in [7, 11) is 0. The summed E-state index contributed by atoms with van der Waals surface area (Å²) >= 11 is 6.14. The van der Waals surface area contributed by atoms with Gasteiger partial charge in [0.15, 0.2) is 11.7 Å². The van der Waals surface area contributed by atoms with E-state index in [2.05, 4.69) is 15.2 Å². The Morgan fingerprint density at radius 2 is 1.93 bits per heavy atom. The van der Waals surface area contributed by atoms with Crippen LogP contribution < -0.4 is 10.2 Å². The molecule has 0 radical (unpaired) electrons. The zero-order valence-electron chi connectivity index (χ0n) is 16.2. The third kappa shape index (κ3) is 4.98. The molecule has 0 aliphatic carbocycles. The molecule has 1 N–H and O–H groups in total. The largest absolute Gasteiger partial charge is 0.441 e. The first-order valence-corrected chi connectivity index (χ1v) is 10.1. The Morgan fingerprint density at radius 1 is 1.17 bits per heavy atom. The summed E-state index contributed by atoms with van der Waals surface area (Å²) in [6.07, 6.45) is 2.13. The fraction of sp³-hybridized carbons (Fsp3) is 0.273. The van der Waals surface area contributed by atoms with Crippen LogP contribution in [0, 0.1) is 5.82 Å². The van der Waals surface area contributed by atoms with Crippen molar-refractivity contribution in [1.82, 2.24) is 4.98 Å². The molecule has 1 aliphatic rings. The number of carbonyl (C=O) groups is 1. The predicted molar refractivity (Wildman–Crippen MR) is 113 cm³/mol. The van der Waals surface area contributed by atoms with E-state index in [1.807, 2.05) is 12.1 Å². The molecule has 0 spiro atoms. The smallest absolute Gasteiger partial charge is 0.224 e. The molecule has 2 aromatic carbocycles. The molecule has 156 valence electrons. The summed E-state index contributed by atoms with van der Waals surface area (Å²) in [5.74, 6) is 0.514. The Hall–Kier alpha value is -2.90. The van der Waals surface area contributed by atoms with E-state index in [-0.39, 0.29) is 18.1 Å². The number of ether oxygens (including phenoxy) is 1. The number of anilines is 2. The van der Waals surface area contributed by atoms with Crippen molar-refractivity contribution in [3.63, 3.8) is 0 Å². The molecule has 8 heteroatoms. The highest BCUT2D eigenvalue weighted by Gasteiger charge is 2.17. The molecule has 4 rings (SSSR count). The number of halogens is 2. The van der Waals surface area contributed by atoms with E-state index >= 15 is 0 Å². The fourth-order valence-electron chi connectivity index (χ4n) is 3.30. The minimum Gasteiger partial charge on any atom is -0.441 e. The van der Waals surface area contributed by atoms with Crippen molar-refractivity contribution in [2.24, 2.45) is 0 Å². The summed E-state index contributed by atoms with van der Waals surface area (Å²) in [6.45, 7) is 2.81. The zero-order chi connectivity index (χ0) is 20.9. The summed E-state index contributed by atoms with van der Waals surface area (Å²) < 4.78 is 24.2. The standard InChI is InChI=1S/C22H21ClFN3O3/c23-16-3-6-19(27-9-11-29-12-10-27)18(13-16)26-21(28)7-8-22-25-14-20(30-22)15-1-4-17(24)5-2-15/h1-6,13-14H,7-12H2,(H,26,28). The summed E-state index contributed by atoms with van der Waals surface area (Å²) in [4.78, 5) is 18.9. The number of nitrogens with zero attached hydrogens (tertiary/aromatic N) is 2. The van der Waals surface area contributed by atoms with Gasteiger partial charge in [-0.2, -0.15) is 0 Å². The molecular weight excluding hydrogens is 409 g/mol. The lowest BCUT2D eigenvalue weighted by Crippen LogP contribution is -2.36. The molecule has 1 saturated heterocycles. The van der Waals surface area contributed by atoms with E-state index in [0.29, 0.717) is 42.0 Å². The molecule has 0 atom stereocenters. The molecule has 0 bridgehead atoms. The number of aromatic nitrogens is 1. The monoisotopic (exact) mass is 429 g/mol. The van der Waals surface area contributed by atoms with Crippen LogP contribution in [0.4, 0.5) is 15.8 Å². The number of carbonyl (C=O) groups excluding carboxylic acids is 1. The average molecular weight is 430 g/mol. The van der Waals surface area contributed by atoms with Crippen molar-refractivity contribution in [3.05, 3.63) is 65.4 Å². The number of hydrogen-bond acceptors (Lipinski definition) is 5. The molecular formula is C22H21ClFN3O3. The zero-order valence-corrected chi connectivity index (χ0v) is 17.0. The summed E-state index contributed by atoms with van der Waals surface area (Å²) in [5, 5.41) is 3.50. The van der Waals surface area contributed by atoms with Gasteiger partial charge in [-0.25, -0.2) is 9.37 Å². The van der Waals surface area contributed by atoms with Crippen LogP contribution in [-0.2, 0) is 16.0 Å². The van der Waals surface area contributed by atoms with Gasteiger partial charge in [0.25, 0.3) is 0 Å². The molecule has 1 fully saturated rings. The van der Waals surface area contributed by atoms with E-state index in [9.17, 15) is 9.18 Å². The maximum atomic E-state index is 13.1. The van der Waals surface area contributed by atoms with Crippen molar-refractivity contribution in [2.45, 2.75) is 12.8 Å². The molecule has 6 nitrogen and oxygen atoms in total. The van der Waals surface area contributed by atoms with Crippen LogP contribution >= 0.6 is 11.6 Å². The average Bonchev–Trinajstić information content (AvgIpc) is 3.23. The maximum absolute atomic E-state index is 13.1. The minimum atomic E-state index is -0.312. The Morgan fingerprint density at radius 3 is 2.70 bits per heavy atom. The van der Waals surface area contributed by atoms with Gasteiger partial charge >= 0.3 is 0 Å². The first kappa shape index (κ1) is 20.4. The van der Waals surface area contributed by atoms with E-state index < -0.39 is 0 Å². The van der Waals surface area contributed by atoms with Crippen LogP contribution in [0.3, 0.4) is 0 Å². The van der Waals surface area contributed by atoms with Crippen LogP contribution in [0.1, 0.15) is 12.3 Å². The summed E-state index contributed by atoms with van der Waals surface area (Å²) in [5.41, 5.74) is 2.33. The van der Waals surface area contributed by atoms with Crippen LogP contribution in [0.15, 0.2) is 53.1 Å². The van der Waals surface area contributed by atoms with Gasteiger partial charge in [-0.1, -0.05) is 11.6 Å². The van der Waals surface area contributed by atoms with Crippen LogP contribution in [0.5, 0.6) is 0 Å². The van der Waals surface area contributed by atoms with Gasteiger partial charge in [-0.05, 0) is 42.5 Å². The van der Waals surface area contributed by atoms with Crippen molar-refractivity contribution < 1.29 is 18.3 Å².